The molecule has 24 heavy (non-hydrogen) atoms. The molecule has 0 aliphatic heterocycles. The zero-order valence-corrected chi connectivity index (χ0v) is 16.8. The summed E-state index contributed by atoms with van der Waals surface area (Å²) in [5, 5.41) is 0. The second kappa shape index (κ2) is 6.30. The maximum absolute atomic E-state index is 12.8. The van der Waals surface area contributed by atoms with Crippen molar-refractivity contribution in [2.75, 3.05) is 0 Å². The Kier molecular flexibility index (Phi) is 4.42. The normalized spacial score (nSPS) is 38.1. The molecular weight excluding hydrogens is 411 g/mol. The van der Waals surface area contributed by atoms with Crippen molar-refractivity contribution >= 4 is 28.6 Å². The van der Waals surface area contributed by atoms with Gasteiger partial charge in [0.15, 0.2) is 0 Å². The maximum Gasteiger partial charge on any atom is 0.338 e. The first-order valence-corrected chi connectivity index (χ1v) is 10.7. The van der Waals surface area contributed by atoms with Gasteiger partial charge in [0.1, 0.15) is 5.60 Å². The second-order valence-electron chi connectivity index (χ2n) is 8.38. The molecule has 2 nitrogen and oxygen atoms in total. The fourth-order valence-corrected chi connectivity index (χ4v) is 6.02. The largest absolute Gasteiger partial charge is 0.455 e. The number of esters is 1. The van der Waals surface area contributed by atoms with Crippen LogP contribution in [0.3, 0.4) is 0 Å². The summed E-state index contributed by atoms with van der Waals surface area (Å²) in [4.78, 5) is 12.8. The van der Waals surface area contributed by atoms with Crippen LogP contribution in [0.15, 0.2) is 24.3 Å². The average molecular weight is 438 g/mol. The summed E-state index contributed by atoms with van der Waals surface area (Å²) in [7, 11) is 0. The second-order valence-corrected chi connectivity index (χ2v) is 9.88. The summed E-state index contributed by atoms with van der Waals surface area (Å²) < 4.78 is 6.70. The van der Waals surface area contributed by atoms with Crippen molar-refractivity contribution in [1.82, 2.24) is 0 Å². The minimum Gasteiger partial charge on any atom is -0.455 e. The van der Waals surface area contributed by atoms with Crippen LogP contribution in [0.4, 0.5) is 0 Å². The van der Waals surface area contributed by atoms with E-state index in [-0.39, 0.29) is 11.6 Å². The highest BCUT2D eigenvalue weighted by Gasteiger charge is 2.57. The van der Waals surface area contributed by atoms with Crippen LogP contribution in [0.2, 0.25) is 0 Å². The molecule has 4 fully saturated rings. The van der Waals surface area contributed by atoms with Crippen LogP contribution in [-0.2, 0) is 4.74 Å². The predicted molar refractivity (Wildman–Crippen MR) is 104 cm³/mol. The van der Waals surface area contributed by atoms with Crippen LogP contribution in [-0.4, -0.2) is 11.6 Å². The number of ether oxygens (including phenoxy) is 1. The van der Waals surface area contributed by atoms with Gasteiger partial charge in [0.05, 0.1) is 5.56 Å². The number of carbonyl (C=O) groups is 1. The van der Waals surface area contributed by atoms with Gasteiger partial charge in [0.25, 0.3) is 0 Å². The Balaban J connectivity index is 1.49. The first-order chi connectivity index (χ1) is 11.5. The Labute approximate surface area is 158 Å². The molecule has 4 bridgehead atoms. The smallest absolute Gasteiger partial charge is 0.338 e. The molecule has 0 saturated heterocycles. The monoisotopic (exact) mass is 438 g/mol. The molecule has 4 aliphatic rings. The third-order valence-electron chi connectivity index (χ3n) is 6.94. The molecule has 0 N–H and O–H groups in total. The number of halogens is 1. The summed E-state index contributed by atoms with van der Waals surface area (Å²) in [6, 6.07) is 8.05. The molecule has 130 valence electrons. The quantitative estimate of drug-likeness (QED) is 0.330. The molecule has 1 unspecified atom stereocenters. The molecule has 0 heterocycles. The van der Waals surface area contributed by atoms with Crippen molar-refractivity contribution in [2.24, 2.45) is 23.7 Å². The zero-order valence-electron chi connectivity index (χ0n) is 14.6. The Morgan fingerprint density at radius 1 is 1.12 bits per heavy atom. The van der Waals surface area contributed by atoms with Gasteiger partial charge in [0.2, 0.25) is 0 Å². The van der Waals surface area contributed by atoms with Crippen LogP contribution in [0.25, 0.3) is 0 Å². The van der Waals surface area contributed by atoms with Gasteiger partial charge in [-0.3, -0.25) is 0 Å². The Morgan fingerprint density at radius 2 is 1.67 bits per heavy atom. The van der Waals surface area contributed by atoms with Gasteiger partial charge in [-0.2, -0.15) is 0 Å². The molecule has 4 saturated carbocycles. The van der Waals surface area contributed by atoms with E-state index >= 15 is 0 Å². The Hall–Kier alpha value is -0.580. The van der Waals surface area contributed by atoms with E-state index in [1.165, 1.54) is 37.7 Å². The summed E-state index contributed by atoms with van der Waals surface area (Å²) in [5.41, 5.74) is 1.75. The molecular formula is C21H27IO2. The van der Waals surface area contributed by atoms with Crippen molar-refractivity contribution in [2.45, 2.75) is 61.9 Å². The minimum atomic E-state index is -0.238. The lowest BCUT2D eigenvalue weighted by molar-refractivity contribution is -0.165. The summed E-state index contributed by atoms with van der Waals surface area (Å²) >= 11 is 2.45. The number of carbonyl (C=O) groups excluding carboxylic acids is 1. The Bertz CT molecular complexity index is 593. The van der Waals surface area contributed by atoms with Gasteiger partial charge in [-0.05, 0) is 86.8 Å². The predicted octanol–water partition coefficient (Wildman–Crippen LogP) is 5.94. The van der Waals surface area contributed by atoms with E-state index in [4.69, 9.17) is 4.74 Å². The van der Waals surface area contributed by atoms with E-state index < -0.39 is 0 Å². The van der Waals surface area contributed by atoms with Crippen LogP contribution in [0.5, 0.6) is 0 Å². The van der Waals surface area contributed by atoms with E-state index in [9.17, 15) is 4.79 Å². The van der Waals surface area contributed by atoms with Gasteiger partial charge in [-0.1, -0.05) is 41.6 Å². The van der Waals surface area contributed by atoms with Gasteiger partial charge in [-0.15, -0.1) is 0 Å². The molecule has 1 atom stereocenters. The lowest BCUT2D eigenvalue weighted by Gasteiger charge is -2.59. The van der Waals surface area contributed by atoms with Crippen LogP contribution >= 0.6 is 22.6 Å². The third kappa shape index (κ3) is 2.81. The zero-order chi connectivity index (χ0) is 16.9. The SMILES string of the molecule is CCC(I)c1ccc(C(=O)OC2(C)C3CC4CC(C3)CC2C4)cc1. The number of hydrogen-bond acceptors (Lipinski definition) is 2. The molecule has 4 aliphatic carbocycles. The fourth-order valence-electron chi connectivity index (χ4n) is 5.61. The van der Waals surface area contributed by atoms with Gasteiger partial charge in [-0.25, -0.2) is 4.79 Å². The molecule has 0 amide bonds. The standard InChI is InChI=1S/C21H27IO2/c1-3-19(22)15-4-6-16(7-5-15)20(23)24-21(2)17-9-13-8-14(11-17)12-18(21)10-13/h4-7,13-14,17-19H,3,8-12H2,1-2H3. The molecule has 0 aromatic heterocycles. The molecule has 3 heteroatoms. The van der Waals surface area contributed by atoms with E-state index in [1.807, 2.05) is 12.1 Å². The third-order valence-corrected chi connectivity index (χ3v) is 8.54. The molecule has 1 aromatic carbocycles. The minimum absolute atomic E-state index is 0.127. The van der Waals surface area contributed by atoms with Crippen molar-refractivity contribution in [3.63, 3.8) is 0 Å². The van der Waals surface area contributed by atoms with Crippen molar-refractivity contribution in [3.05, 3.63) is 35.4 Å². The highest BCUT2D eigenvalue weighted by Crippen LogP contribution is 2.59. The topological polar surface area (TPSA) is 26.3 Å². The van der Waals surface area contributed by atoms with Crippen LogP contribution in [0.1, 0.15) is 72.2 Å². The van der Waals surface area contributed by atoms with Crippen molar-refractivity contribution < 1.29 is 9.53 Å². The molecule has 0 radical (unpaired) electrons. The first-order valence-electron chi connectivity index (χ1n) is 9.47. The number of benzene rings is 1. The van der Waals surface area contributed by atoms with E-state index in [0.717, 1.165) is 18.3 Å². The van der Waals surface area contributed by atoms with Crippen molar-refractivity contribution in [3.8, 4) is 0 Å². The van der Waals surface area contributed by atoms with E-state index in [0.29, 0.717) is 21.3 Å². The summed E-state index contributed by atoms with van der Waals surface area (Å²) in [6.07, 6.45) is 7.60. The van der Waals surface area contributed by atoms with E-state index in [1.54, 1.807) is 0 Å². The van der Waals surface area contributed by atoms with Gasteiger partial charge in [0, 0.05) is 3.92 Å². The van der Waals surface area contributed by atoms with Crippen LogP contribution in [0, 0.1) is 23.7 Å². The summed E-state index contributed by atoms with van der Waals surface area (Å²) in [6.45, 7) is 4.40. The highest BCUT2D eigenvalue weighted by atomic mass is 127. The maximum atomic E-state index is 12.8. The fraction of sp³-hybridized carbons (Fsp3) is 0.667. The first kappa shape index (κ1) is 16.9. The molecule has 5 rings (SSSR count). The Morgan fingerprint density at radius 3 is 2.17 bits per heavy atom. The molecule has 0 spiro atoms. The van der Waals surface area contributed by atoms with Gasteiger partial charge < -0.3 is 4.74 Å². The molecule has 1 aromatic rings. The van der Waals surface area contributed by atoms with Crippen molar-refractivity contribution in [1.29, 1.82) is 0 Å². The van der Waals surface area contributed by atoms with Crippen LogP contribution < -0.4 is 0 Å². The number of hydrogen-bond donors (Lipinski definition) is 0. The van der Waals surface area contributed by atoms with Gasteiger partial charge >= 0.3 is 5.97 Å². The average Bonchev–Trinajstić information content (AvgIpc) is 2.58. The number of rotatable bonds is 4. The highest BCUT2D eigenvalue weighted by molar-refractivity contribution is 14.1. The lowest BCUT2D eigenvalue weighted by Crippen LogP contribution is -2.58. The lowest BCUT2D eigenvalue weighted by atomic mass is 9.50. The summed E-state index contributed by atoms with van der Waals surface area (Å²) in [5.74, 6) is 2.82. The van der Waals surface area contributed by atoms with E-state index in [2.05, 4.69) is 48.6 Å². The number of alkyl halides is 1.